The Morgan fingerprint density at radius 1 is 1.40 bits per heavy atom. The molecule has 0 aliphatic rings. The summed E-state index contributed by atoms with van der Waals surface area (Å²) in [6.07, 6.45) is 2.18. The van der Waals surface area contributed by atoms with Crippen LogP contribution in [0.3, 0.4) is 0 Å². The summed E-state index contributed by atoms with van der Waals surface area (Å²) in [5, 5.41) is 3.13. The Morgan fingerprint density at radius 2 is 2.20 bits per heavy atom. The summed E-state index contributed by atoms with van der Waals surface area (Å²) in [6.45, 7) is 2.23. The topological polar surface area (TPSA) is 39.7 Å². The Kier molecular flexibility index (Phi) is 7.42. The van der Waals surface area contributed by atoms with Gasteiger partial charge >= 0.3 is 6.61 Å². The van der Waals surface area contributed by atoms with Gasteiger partial charge in [-0.25, -0.2) is 0 Å². The maximum atomic E-state index is 12.4. The third-order valence-electron chi connectivity index (χ3n) is 2.54. The molecule has 0 saturated heterocycles. The fourth-order valence-corrected chi connectivity index (χ4v) is 1.67. The van der Waals surface area contributed by atoms with E-state index in [0.29, 0.717) is 31.0 Å². The van der Waals surface area contributed by atoms with Gasteiger partial charge in [-0.05, 0) is 19.0 Å². The van der Waals surface area contributed by atoms with E-state index in [9.17, 15) is 8.78 Å². The van der Waals surface area contributed by atoms with Crippen molar-refractivity contribution in [1.82, 2.24) is 5.32 Å². The zero-order valence-corrected chi connectivity index (χ0v) is 11.4. The molecule has 20 heavy (non-hydrogen) atoms. The van der Waals surface area contributed by atoms with Crippen LogP contribution in [0.1, 0.15) is 12.0 Å². The minimum atomic E-state index is -2.88. The van der Waals surface area contributed by atoms with Crippen LogP contribution >= 0.6 is 0 Å². The van der Waals surface area contributed by atoms with Crippen molar-refractivity contribution in [2.75, 3.05) is 20.3 Å². The predicted octanol–water partition coefficient (Wildman–Crippen LogP) is 2.94. The smallest absolute Gasteiger partial charge is 0.387 e. The summed E-state index contributed by atoms with van der Waals surface area (Å²) >= 11 is 0. The number of hydrogen-bond donors (Lipinski definition) is 1. The van der Waals surface area contributed by atoms with Crippen molar-refractivity contribution in [3.8, 4) is 11.5 Å². The molecule has 0 amide bonds. The highest BCUT2D eigenvalue weighted by Crippen LogP contribution is 2.32. The average molecular weight is 287 g/mol. The van der Waals surface area contributed by atoms with Gasteiger partial charge in [-0.3, -0.25) is 0 Å². The molecule has 0 fully saturated rings. The van der Waals surface area contributed by atoms with Gasteiger partial charge in [0.15, 0.2) is 11.5 Å². The summed E-state index contributed by atoms with van der Waals surface area (Å²) in [6, 6.07) is 5.03. The second-order valence-corrected chi connectivity index (χ2v) is 3.89. The van der Waals surface area contributed by atoms with Crippen LogP contribution in [0.25, 0.3) is 0 Å². The van der Waals surface area contributed by atoms with Crippen molar-refractivity contribution < 1.29 is 23.0 Å². The molecule has 1 rings (SSSR count). The van der Waals surface area contributed by atoms with Gasteiger partial charge in [0.1, 0.15) is 0 Å². The number of halogens is 2. The molecule has 0 aromatic heterocycles. The molecule has 0 atom stereocenters. The first-order valence-corrected chi connectivity index (χ1v) is 6.23. The third-order valence-corrected chi connectivity index (χ3v) is 2.54. The number of benzene rings is 1. The summed E-state index contributed by atoms with van der Waals surface area (Å²) in [4.78, 5) is 0. The molecular formula is C14H19F2NO3. The minimum Gasteiger partial charge on any atom is -0.502 e. The number of methoxy groups -OCH3 is 1. The van der Waals surface area contributed by atoms with Gasteiger partial charge in [0.25, 0.3) is 0 Å². The number of alkyl halides is 2. The lowest BCUT2D eigenvalue weighted by molar-refractivity contribution is -0.0518. The molecule has 1 N–H and O–H groups in total. The van der Waals surface area contributed by atoms with Crippen LogP contribution in [0.15, 0.2) is 31.0 Å². The lowest BCUT2D eigenvalue weighted by Crippen LogP contribution is -2.17. The van der Waals surface area contributed by atoms with E-state index in [1.165, 1.54) is 13.4 Å². The van der Waals surface area contributed by atoms with E-state index >= 15 is 0 Å². The molecule has 112 valence electrons. The summed E-state index contributed by atoms with van der Waals surface area (Å²) in [5.41, 5.74) is 0.620. The van der Waals surface area contributed by atoms with E-state index in [2.05, 4.69) is 16.6 Å². The maximum absolute atomic E-state index is 12.4. The number of rotatable bonds is 10. The molecule has 1 aromatic rings. The van der Waals surface area contributed by atoms with E-state index in [-0.39, 0.29) is 5.75 Å². The summed E-state index contributed by atoms with van der Waals surface area (Å²) < 4.78 is 39.4. The standard InChI is InChI=1S/C14H19F2NO3/c1-3-19-9-5-8-17-10-11-6-4-7-12(18-2)13(11)20-14(15)16/h3-4,6-7,14,17H,1,5,8-10H2,2H3. The SMILES string of the molecule is C=COCCCNCc1cccc(OC)c1OC(F)F. The Hall–Kier alpha value is -1.82. The van der Waals surface area contributed by atoms with Gasteiger partial charge in [-0.1, -0.05) is 18.7 Å². The Morgan fingerprint density at radius 3 is 2.85 bits per heavy atom. The van der Waals surface area contributed by atoms with Crippen molar-refractivity contribution in [3.05, 3.63) is 36.6 Å². The van der Waals surface area contributed by atoms with Crippen LogP contribution < -0.4 is 14.8 Å². The first-order chi connectivity index (χ1) is 9.69. The van der Waals surface area contributed by atoms with Gasteiger partial charge in [0.05, 0.1) is 20.0 Å². The third kappa shape index (κ3) is 5.44. The number of ether oxygens (including phenoxy) is 3. The molecule has 0 bridgehead atoms. The quantitative estimate of drug-likeness (QED) is 0.530. The fraction of sp³-hybridized carbons (Fsp3) is 0.429. The Labute approximate surface area is 117 Å². The summed E-state index contributed by atoms with van der Waals surface area (Å²) in [5.74, 6) is 0.361. The maximum Gasteiger partial charge on any atom is 0.387 e. The van der Waals surface area contributed by atoms with Crippen LogP contribution in [0.2, 0.25) is 0 Å². The van der Waals surface area contributed by atoms with Crippen LogP contribution in [-0.2, 0) is 11.3 Å². The monoisotopic (exact) mass is 287 g/mol. The number of nitrogens with one attached hydrogen (secondary N) is 1. The van der Waals surface area contributed by atoms with Crippen LogP contribution in [0, 0.1) is 0 Å². The molecule has 0 radical (unpaired) electrons. The fourth-order valence-electron chi connectivity index (χ4n) is 1.67. The molecule has 0 saturated carbocycles. The van der Waals surface area contributed by atoms with E-state index in [1.807, 2.05) is 0 Å². The van der Waals surface area contributed by atoms with Crippen LogP contribution in [0.4, 0.5) is 8.78 Å². The van der Waals surface area contributed by atoms with Crippen LogP contribution in [0.5, 0.6) is 11.5 Å². The van der Waals surface area contributed by atoms with E-state index < -0.39 is 6.61 Å². The van der Waals surface area contributed by atoms with E-state index in [0.717, 1.165) is 6.42 Å². The van der Waals surface area contributed by atoms with Crippen molar-refractivity contribution in [1.29, 1.82) is 0 Å². The molecule has 4 nitrogen and oxygen atoms in total. The zero-order valence-electron chi connectivity index (χ0n) is 11.4. The van der Waals surface area contributed by atoms with Crippen molar-refractivity contribution in [2.24, 2.45) is 0 Å². The average Bonchev–Trinajstić information content (AvgIpc) is 2.43. The van der Waals surface area contributed by atoms with Gasteiger partial charge in [0, 0.05) is 12.1 Å². The zero-order chi connectivity index (χ0) is 14.8. The molecule has 0 aliphatic heterocycles. The highest BCUT2D eigenvalue weighted by atomic mass is 19.3. The largest absolute Gasteiger partial charge is 0.502 e. The highest BCUT2D eigenvalue weighted by Gasteiger charge is 2.14. The van der Waals surface area contributed by atoms with E-state index in [4.69, 9.17) is 9.47 Å². The first kappa shape index (κ1) is 16.2. The molecular weight excluding hydrogens is 268 g/mol. The normalized spacial score (nSPS) is 10.4. The first-order valence-electron chi connectivity index (χ1n) is 6.23. The van der Waals surface area contributed by atoms with E-state index in [1.54, 1.807) is 18.2 Å². The highest BCUT2D eigenvalue weighted by molar-refractivity contribution is 5.46. The van der Waals surface area contributed by atoms with Crippen LogP contribution in [-0.4, -0.2) is 26.9 Å². The summed E-state index contributed by atoms with van der Waals surface area (Å²) in [7, 11) is 1.41. The lowest BCUT2D eigenvalue weighted by Gasteiger charge is -2.14. The Balaban J connectivity index is 2.57. The molecule has 6 heteroatoms. The number of para-hydroxylation sites is 1. The molecule has 0 unspecified atom stereocenters. The van der Waals surface area contributed by atoms with Gasteiger partial charge in [-0.15, -0.1) is 0 Å². The number of hydrogen-bond acceptors (Lipinski definition) is 4. The molecule has 0 heterocycles. The van der Waals surface area contributed by atoms with Crippen molar-refractivity contribution in [3.63, 3.8) is 0 Å². The van der Waals surface area contributed by atoms with Crippen molar-refractivity contribution >= 4 is 0 Å². The van der Waals surface area contributed by atoms with Gasteiger partial charge in [-0.2, -0.15) is 8.78 Å². The van der Waals surface area contributed by atoms with Gasteiger partial charge < -0.3 is 19.5 Å². The predicted molar refractivity (Wildman–Crippen MR) is 72.1 cm³/mol. The second kappa shape index (κ2) is 9.14. The van der Waals surface area contributed by atoms with Crippen molar-refractivity contribution in [2.45, 2.75) is 19.6 Å². The molecule has 0 spiro atoms. The van der Waals surface area contributed by atoms with Gasteiger partial charge in [0.2, 0.25) is 0 Å². The Bertz CT molecular complexity index is 413. The molecule has 0 aliphatic carbocycles. The second-order valence-electron chi connectivity index (χ2n) is 3.89. The lowest BCUT2D eigenvalue weighted by atomic mass is 10.2. The minimum absolute atomic E-state index is 0.0693. The molecule has 1 aromatic carbocycles.